The van der Waals surface area contributed by atoms with Gasteiger partial charge in [0.25, 0.3) is 0 Å². The van der Waals surface area contributed by atoms with Crippen molar-refractivity contribution < 1.29 is 8.78 Å². The SMILES string of the molecule is CN1CC2=C(NC(=S)N[C@@H]2c2ccc(F)cc2)/C(=C/c2ccc(F)cc2)C1. The molecule has 0 bridgehead atoms. The zero-order valence-corrected chi connectivity index (χ0v) is 15.6. The van der Waals surface area contributed by atoms with E-state index in [1.165, 1.54) is 24.3 Å². The van der Waals surface area contributed by atoms with Gasteiger partial charge in [-0.3, -0.25) is 4.90 Å². The second-order valence-electron chi connectivity index (χ2n) is 6.88. The van der Waals surface area contributed by atoms with Crippen LogP contribution in [0.1, 0.15) is 17.2 Å². The summed E-state index contributed by atoms with van der Waals surface area (Å²) in [5.74, 6) is -0.516. The molecule has 2 aromatic rings. The van der Waals surface area contributed by atoms with Gasteiger partial charge in [0.1, 0.15) is 11.6 Å². The van der Waals surface area contributed by atoms with Gasteiger partial charge < -0.3 is 10.6 Å². The summed E-state index contributed by atoms with van der Waals surface area (Å²) in [4.78, 5) is 2.21. The Bertz CT molecular complexity index is 933. The normalized spacial score (nSPS) is 21.7. The van der Waals surface area contributed by atoms with Crippen LogP contribution in [0.2, 0.25) is 0 Å². The van der Waals surface area contributed by atoms with E-state index in [2.05, 4.69) is 22.6 Å². The van der Waals surface area contributed by atoms with Gasteiger partial charge in [0, 0.05) is 18.8 Å². The lowest BCUT2D eigenvalue weighted by Gasteiger charge is -2.39. The third-order valence-electron chi connectivity index (χ3n) is 4.80. The largest absolute Gasteiger partial charge is 0.352 e. The number of nitrogens with one attached hydrogen (secondary N) is 2. The summed E-state index contributed by atoms with van der Waals surface area (Å²) in [6.07, 6.45) is 2.05. The summed E-state index contributed by atoms with van der Waals surface area (Å²) >= 11 is 5.42. The van der Waals surface area contributed by atoms with Crippen molar-refractivity contribution >= 4 is 23.4 Å². The van der Waals surface area contributed by atoms with Gasteiger partial charge in [-0.25, -0.2) is 8.78 Å². The standard InChI is InChI=1S/C21H19F2N3S/c1-26-11-15(10-13-2-6-16(22)7-3-13)20-18(12-26)19(24-21(27)25-20)14-4-8-17(23)9-5-14/h2-10,19H,11-12H2,1H3,(H2,24,25,27)/b15-10+/t19-/m1/s1. The number of halogens is 2. The topological polar surface area (TPSA) is 27.3 Å². The van der Waals surface area contributed by atoms with Crippen molar-refractivity contribution in [1.29, 1.82) is 0 Å². The molecule has 0 fully saturated rings. The van der Waals surface area contributed by atoms with Crippen LogP contribution in [0.25, 0.3) is 6.08 Å². The first-order chi connectivity index (χ1) is 13.0. The molecule has 4 rings (SSSR count). The molecule has 0 unspecified atom stereocenters. The van der Waals surface area contributed by atoms with Crippen LogP contribution in [0, 0.1) is 11.6 Å². The smallest absolute Gasteiger partial charge is 0.171 e. The van der Waals surface area contributed by atoms with Gasteiger partial charge in [-0.15, -0.1) is 0 Å². The van der Waals surface area contributed by atoms with E-state index in [9.17, 15) is 8.78 Å². The summed E-state index contributed by atoms with van der Waals surface area (Å²) in [7, 11) is 2.05. The van der Waals surface area contributed by atoms with Crippen molar-refractivity contribution in [2.24, 2.45) is 0 Å². The lowest BCUT2D eigenvalue weighted by atomic mass is 9.89. The minimum absolute atomic E-state index is 0.117. The summed E-state index contributed by atoms with van der Waals surface area (Å²) in [5, 5.41) is 7.13. The third kappa shape index (κ3) is 3.77. The Hall–Kier alpha value is -2.57. The molecule has 2 aromatic carbocycles. The molecule has 0 aliphatic carbocycles. The predicted molar refractivity (Wildman–Crippen MR) is 107 cm³/mol. The second kappa shape index (κ2) is 7.21. The van der Waals surface area contributed by atoms with E-state index in [1.807, 2.05) is 6.08 Å². The van der Waals surface area contributed by atoms with Crippen LogP contribution in [0.4, 0.5) is 8.78 Å². The molecule has 2 heterocycles. The average Bonchev–Trinajstić information content (AvgIpc) is 2.64. The number of benzene rings is 2. The van der Waals surface area contributed by atoms with Crippen molar-refractivity contribution in [1.82, 2.24) is 15.5 Å². The number of hydrogen-bond acceptors (Lipinski definition) is 2. The van der Waals surface area contributed by atoms with Gasteiger partial charge in [-0.2, -0.15) is 0 Å². The summed E-state index contributed by atoms with van der Waals surface area (Å²) < 4.78 is 26.6. The third-order valence-corrected chi connectivity index (χ3v) is 5.02. The molecule has 0 radical (unpaired) electrons. The number of nitrogens with zero attached hydrogens (tertiary/aromatic N) is 1. The van der Waals surface area contributed by atoms with E-state index in [4.69, 9.17) is 12.2 Å². The maximum atomic E-state index is 13.3. The molecule has 0 aromatic heterocycles. The average molecular weight is 383 g/mol. The van der Waals surface area contributed by atoms with Crippen LogP contribution < -0.4 is 10.6 Å². The second-order valence-corrected chi connectivity index (χ2v) is 7.28. The van der Waals surface area contributed by atoms with E-state index < -0.39 is 0 Å². The number of hydrogen-bond donors (Lipinski definition) is 2. The van der Waals surface area contributed by atoms with Crippen LogP contribution in [-0.4, -0.2) is 30.1 Å². The Kier molecular flexibility index (Phi) is 4.76. The zero-order chi connectivity index (χ0) is 19.0. The van der Waals surface area contributed by atoms with E-state index in [0.29, 0.717) is 5.11 Å². The minimum Gasteiger partial charge on any atom is -0.352 e. The van der Waals surface area contributed by atoms with Crippen molar-refractivity contribution in [3.05, 3.63) is 88.1 Å². The Morgan fingerprint density at radius 1 is 1.00 bits per heavy atom. The first-order valence-electron chi connectivity index (χ1n) is 8.70. The van der Waals surface area contributed by atoms with Gasteiger partial charge in [-0.05, 0) is 71.9 Å². The fraction of sp³-hybridized carbons (Fsp3) is 0.190. The quantitative estimate of drug-likeness (QED) is 0.772. The summed E-state index contributed by atoms with van der Waals surface area (Å²) in [5.41, 5.74) is 5.12. The Balaban J connectivity index is 1.78. The molecule has 6 heteroatoms. The lowest BCUT2D eigenvalue weighted by Crippen LogP contribution is -2.49. The van der Waals surface area contributed by atoms with E-state index in [1.54, 1.807) is 24.3 Å². The Morgan fingerprint density at radius 3 is 2.30 bits per heavy atom. The molecule has 2 N–H and O–H groups in total. The molecule has 0 saturated heterocycles. The van der Waals surface area contributed by atoms with E-state index >= 15 is 0 Å². The zero-order valence-electron chi connectivity index (χ0n) is 14.8. The fourth-order valence-corrected chi connectivity index (χ4v) is 3.80. The van der Waals surface area contributed by atoms with Crippen molar-refractivity contribution in [3.8, 4) is 0 Å². The molecule has 0 saturated carbocycles. The van der Waals surface area contributed by atoms with Crippen LogP contribution in [0.5, 0.6) is 0 Å². The first kappa shape index (κ1) is 17.8. The Morgan fingerprint density at radius 2 is 1.63 bits per heavy atom. The first-order valence-corrected chi connectivity index (χ1v) is 9.11. The molecule has 2 aliphatic heterocycles. The maximum Gasteiger partial charge on any atom is 0.171 e. The van der Waals surface area contributed by atoms with Crippen molar-refractivity contribution in [3.63, 3.8) is 0 Å². The fourth-order valence-electron chi connectivity index (χ4n) is 3.58. The monoisotopic (exact) mass is 383 g/mol. The van der Waals surface area contributed by atoms with Crippen LogP contribution in [0.3, 0.4) is 0 Å². The molecule has 1 atom stereocenters. The van der Waals surface area contributed by atoms with Crippen LogP contribution >= 0.6 is 12.2 Å². The molecular formula is C21H19F2N3S. The summed E-state index contributed by atoms with van der Waals surface area (Å²) in [6.45, 7) is 1.52. The van der Waals surface area contributed by atoms with Gasteiger partial charge in [0.05, 0.1) is 6.04 Å². The van der Waals surface area contributed by atoms with E-state index in [0.717, 1.165) is 41.1 Å². The molecule has 2 aliphatic rings. The van der Waals surface area contributed by atoms with Crippen LogP contribution in [-0.2, 0) is 0 Å². The molecule has 0 amide bonds. The number of rotatable bonds is 2. The highest BCUT2D eigenvalue weighted by atomic mass is 32.1. The van der Waals surface area contributed by atoms with Crippen LogP contribution in [0.15, 0.2) is 65.4 Å². The predicted octanol–water partition coefficient (Wildman–Crippen LogP) is 3.77. The molecule has 138 valence electrons. The molecule has 3 nitrogen and oxygen atoms in total. The Labute approximate surface area is 162 Å². The molecule has 0 spiro atoms. The lowest BCUT2D eigenvalue weighted by molar-refractivity contribution is 0.364. The van der Waals surface area contributed by atoms with Crippen molar-refractivity contribution in [2.45, 2.75) is 6.04 Å². The van der Waals surface area contributed by atoms with Gasteiger partial charge in [0.2, 0.25) is 0 Å². The van der Waals surface area contributed by atoms with Gasteiger partial charge in [-0.1, -0.05) is 24.3 Å². The van der Waals surface area contributed by atoms with E-state index in [-0.39, 0.29) is 17.7 Å². The summed E-state index contributed by atoms with van der Waals surface area (Å²) in [6, 6.07) is 12.8. The van der Waals surface area contributed by atoms with Crippen molar-refractivity contribution in [2.75, 3.05) is 20.1 Å². The minimum atomic E-state index is -0.262. The number of thiocarbonyl (C=S) groups is 1. The van der Waals surface area contributed by atoms with Gasteiger partial charge in [0.15, 0.2) is 5.11 Å². The molecular weight excluding hydrogens is 364 g/mol. The molecule has 27 heavy (non-hydrogen) atoms. The highest BCUT2D eigenvalue weighted by molar-refractivity contribution is 7.80. The maximum absolute atomic E-state index is 13.3. The highest BCUT2D eigenvalue weighted by Gasteiger charge is 2.32. The van der Waals surface area contributed by atoms with Gasteiger partial charge >= 0.3 is 0 Å². The highest BCUT2D eigenvalue weighted by Crippen LogP contribution is 2.33. The number of likely N-dealkylation sites (N-methyl/N-ethyl adjacent to an activating group) is 1.